The lowest BCUT2D eigenvalue weighted by molar-refractivity contribution is 0.0996. The molecule has 0 N–H and O–H groups in total. The SMILES string of the molecule is C\C=C/C(=C\C=C\c1ccccc1)n1c(=O)n(C2CCN(Cc3nccn3C)C2)c2nc(C(=O)N=O)ccc21. The lowest BCUT2D eigenvalue weighted by Crippen LogP contribution is -2.29. The van der Waals surface area contributed by atoms with E-state index in [1.54, 1.807) is 21.4 Å². The maximum absolute atomic E-state index is 14.0. The Morgan fingerprint density at radius 3 is 2.72 bits per heavy atom. The minimum Gasteiger partial charge on any atom is -0.337 e. The van der Waals surface area contributed by atoms with Crippen molar-refractivity contribution < 1.29 is 4.79 Å². The van der Waals surface area contributed by atoms with Crippen molar-refractivity contribution >= 4 is 28.8 Å². The Labute approximate surface area is 225 Å². The molecule has 0 radical (unpaired) electrons. The summed E-state index contributed by atoms with van der Waals surface area (Å²) in [4.78, 5) is 48.2. The number of rotatable bonds is 8. The van der Waals surface area contributed by atoms with Gasteiger partial charge in [0.15, 0.2) is 5.65 Å². The molecule has 0 bridgehead atoms. The van der Waals surface area contributed by atoms with Crippen LogP contribution in [-0.4, -0.2) is 47.6 Å². The summed E-state index contributed by atoms with van der Waals surface area (Å²) in [6.45, 7) is 3.95. The molecule has 4 aromatic rings. The van der Waals surface area contributed by atoms with E-state index in [9.17, 15) is 14.5 Å². The maximum atomic E-state index is 14.0. The zero-order valence-electron chi connectivity index (χ0n) is 21.8. The van der Waals surface area contributed by atoms with Gasteiger partial charge in [0, 0.05) is 37.7 Å². The fourth-order valence-corrected chi connectivity index (χ4v) is 4.95. The van der Waals surface area contributed by atoms with E-state index >= 15 is 0 Å². The van der Waals surface area contributed by atoms with Crippen LogP contribution in [0.1, 0.15) is 41.3 Å². The number of hydrogen-bond acceptors (Lipinski definition) is 6. The summed E-state index contributed by atoms with van der Waals surface area (Å²) < 4.78 is 5.23. The van der Waals surface area contributed by atoms with Crippen LogP contribution in [0.5, 0.6) is 0 Å². The summed E-state index contributed by atoms with van der Waals surface area (Å²) >= 11 is 0. The molecule has 1 aromatic carbocycles. The number of aryl methyl sites for hydroxylation is 1. The standard InChI is InChI=1S/C29H29N7O3/c1-3-8-22(12-7-11-21-9-5-4-6-10-21)35-25-14-13-24(28(37)32-39)31-27(25)36(29(35)38)23-15-17-34(19-23)20-26-30-16-18-33(26)2/h3-14,16,18,23H,15,17,19-20H2,1-2H3/b8-3-,11-7+,22-12+. The minimum atomic E-state index is -0.971. The van der Waals surface area contributed by atoms with Gasteiger partial charge in [0.05, 0.1) is 23.8 Å². The molecule has 4 heterocycles. The van der Waals surface area contributed by atoms with Crippen molar-refractivity contribution in [2.45, 2.75) is 25.9 Å². The lowest BCUT2D eigenvalue weighted by Gasteiger charge is -2.16. The van der Waals surface area contributed by atoms with Gasteiger partial charge in [-0.2, -0.15) is 0 Å². The van der Waals surface area contributed by atoms with E-state index < -0.39 is 5.91 Å². The summed E-state index contributed by atoms with van der Waals surface area (Å²) in [7, 11) is 1.96. The van der Waals surface area contributed by atoms with Gasteiger partial charge >= 0.3 is 11.6 Å². The van der Waals surface area contributed by atoms with Gasteiger partial charge in [0.25, 0.3) is 0 Å². The number of likely N-dealkylation sites (tertiary alicyclic amines) is 1. The Balaban J connectivity index is 1.58. The molecule has 3 aromatic heterocycles. The van der Waals surface area contributed by atoms with Gasteiger partial charge < -0.3 is 4.57 Å². The van der Waals surface area contributed by atoms with Gasteiger partial charge in [-0.05, 0) is 43.2 Å². The molecule has 1 saturated heterocycles. The first kappa shape index (κ1) is 25.9. The van der Waals surface area contributed by atoms with Crippen molar-refractivity contribution in [3.05, 3.63) is 112 Å². The number of pyridine rings is 1. The Kier molecular flexibility index (Phi) is 7.55. The molecule has 1 amide bonds. The van der Waals surface area contributed by atoms with Crippen LogP contribution in [0.2, 0.25) is 0 Å². The van der Waals surface area contributed by atoms with Crippen molar-refractivity contribution in [1.29, 1.82) is 0 Å². The smallest absolute Gasteiger partial charge is 0.335 e. The van der Waals surface area contributed by atoms with Crippen molar-refractivity contribution in [3.8, 4) is 0 Å². The van der Waals surface area contributed by atoms with E-state index in [4.69, 9.17) is 0 Å². The van der Waals surface area contributed by atoms with E-state index in [1.807, 2.05) is 85.4 Å². The molecule has 1 aliphatic heterocycles. The van der Waals surface area contributed by atoms with E-state index in [2.05, 4.69) is 20.0 Å². The number of carbonyl (C=O) groups is 1. The lowest BCUT2D eigenvalue weighted by atomic mass is 10.2. The molecule has 10 nitrogen and oxygen atoms in total. The predicted molar refractivity (Wildman–Crippen MR) is 151 cm³/mol. The number of hydrogen-bond donors (Lipinski definition) is 0. The first-order chi connectivity index (χ1) is 19.0. The van der Waals surface area contributed by atoms with Crippen molar-refractivity contribution in [2.75, 3.05) is 13.1 Å². The molecule has 10 heteroatoms. The second kappa shape index (κ2) is 11.4. The van der Waals surface area contributed by atoms with Gasteiger partial charge in [-0.15, -0.1) is 4.91 Å². The number of aromatic nitrogens is 5. The highest BCUT2D eigenvalue weighted by Gasteiger charge is 2.30. The van der Waals surface area contributed by atoms with E-state index in [0.717, 1.165) is 24.4 Å². The van der Waals surface area contributed by atoms with E-state index in [0.29, 0.717) is 30.0 Å². The molecule has 1 atom stereocenters. The molecule has 1 unspecified atom stereocenters. The van der Waals surface area contributed by atoms with Crippen molar-refractivity contribution in [2.24, 2.45) is 12.2 Å². The molecule has 1 aliphatic rings. The summed E-state index contributed by atoms with van der Waals surface area (Å²) in [5.74, 6) is -0.0292. The van der Waals surface area contributed by atoms with Gasteiger partial charge in [-0.1, -0.05) is 48.6 Å². The Hall–Kier alpha value is -4.70. The molecule has 0 aliphatic carbocycles. The highest BCUT2D eigenvalue weighted by molar-refractivity contribution is 5.95. The van der Waals surface area contributed by atoms with Gasteiger partial charge in [-0.3, -0.25) is 18.8 Å². The van der Waals surface area contributed by atoms with Crippen LogP contribution >= 0.6 is 0 Å². The largest absolute Gasteiger partial charge is 0.337 e. The highest BCUT2D eigenvalue weighted by Crippen LogP contribution is 2.27. The molecule has 5 rings (SSSR count). The summed E-state index contributed by atoms with van der Waals surface area (Å²) in [5.41, 5.74) is 2.22. The molecule has 198 valence electrons. The Bertz CT molecular complexity index is 1660. The van der Waals surface area contributed by atoms with Crippen LogP contribution < -0.4 is 5.69 Å². The third kappa shape index (κ3) is 5.32. The normalized spacial score (nSPS) is 16.7. The number of imidazole rings is 2. The fraction of sp³-hybridized carbons (Fsp3) is 0.241. The van der Waals surface area contributed by atoms with Crippen molar-refractivity contribution in [3.63, 3.8) is 0 Å². The molecule has 0 spiro atoms. The Morgan fingerprint density at radius 2 is 2.00 bits per heavy atom. The zero-order valence-corrected chi connectivity index (χ0v) is 21.8. The van der Waals surface area contributed by atoms with Gasteiger partial charge in [0.2, 0.25) is 0 Å². The number of nitroso groups, excluding NO2 is 1. The van der Waals surface area contributed by atoms with Gasteiger partial charge in [-0.25, -0.2) is 14.8 Å². The van der Waals surface area contributed by atoms with Crippen LogP contribution in [-0.2, 0) is 13.6 Å². The van der Waals surface area contributed by atoms with Crippen molar-refractivity contribution in [1.82, 2.24) is 28.6 Å². The first-order valence-corrected chi connectivity index (χ1v) is 12.8. The average molecular weight is 524 g/mol. The number of benzene rings is 1. The maximum Gasteiger partial charge on any atom is 0.335 e. The number of nitrogens with zero attached hydrogens (tertiary/aromatic N) is 7. The molecule has 39 heavy (non-hydrogen) atoms. The second-order valence-corrected chi connectivity index (χ2v) is 9.42. The number of fused-ring (bicyclic) bond motifs is 1. The number of amides is 1. The third-order valence-corrected chi connectivity index (χ3v) is 6.87. The third-order valence-electron chi connectivity index (χ3n) is 6.87. The van der Waals surface area contributed by atoms with E-state index in [-0.39, 0.29) is 17.4 Å². The van der Waals surface area contributed by atoms with Crippen LogP contribution in [0, 0.1) is 4.91 Å². The van der Waals surface area contributed by atoms with Crippen LogP contribution in [0.4, 0.5) is 0 Å². The predicted octanol–water partition coefficient (Wildman–Crippen LogP) is 4.42. The van der Waals surface area contributed by atoms with Crippen LogP contribution in [0.3, 0.4) is 0 Å². The van der Waals surface area contributed by atoms with Crippen LogP contribution in [0.25, 0.3) is 22.9 Å². The topological polar surface area (TPSA) is 107 Å². The zero-order chi connectivity index (χ0) is 27.4. The first-order valence-electron chi connectivity index (χ1n) is 12.8. The number of allylic oxidation sites excluding steroid dienone is 5. The molecular weight excluding hydrogens is 494 g/mol. The van der Waals surface area contributed by atoms with Gasteiger partial charge in [0.1, 0.15) is 11.5 Å². The monoisotopic (exact) mass is 523 g/mol. The quantitative estimate of drug-likeness (QED) is 0.250. The number of carbonyl (C=O) groups excluding carboxylic acids is 1. The second-order valence-electron chi connectivity index (χ2n) is 9.42. The average Bonchev–Trinajstić information content (AvgIpc) is 3.65. The molecule has 1 fully saturated rings. The Morgan fingerprint density at radius 1 is 1.18 bits per heavy atom. The summed E-state index contributed by atoms with van der Waals surface area (Å²) in [5, 5.41) is 2.52. The summed E-state index contributed by atoms with van der Waals surface area (Å²) in [6, 6.07) is 12.8. The minimum absolute atomic E-state index is 0.0909. The van der Waals surface area contributed by atoms with Crippen LogP contribution in [0.15, 0.2) is 89.1 Å². The van der Waals surface area contributed by atoms with E-state index in [1.165, 1.54) is 6.07 Å². The molecular formula is C29H29N7O3. The highest BCUT2D eigenvalue weighted by atomic mass is 16.3. The summed E-state index contributed by atoms with van der Waals surface area (Å²) in [6.07, 6.45) is 13.9. The fourth-order valence-electron chi connectivity index (χ4n) is 4.95. The molecule has 0 saturated carbocycles.